The number of nitrogens with zero attached hydrogens (tertiary/aromatic N) is 4. The quantitative estimate of drug-likeness (QED) is 0.629. The molecular formula is C15H17N5O3S2. The second kappa shape index (κ2) is 7.79. The molecule has 0 unspecified atom stereocenters. The van der Waals surface area contributed by atoms with Crippen LogP contribution in [0.2, 0.25) is 0 Å². The highest BCUT2D eigenvalue weighted by Gasteiger charge is 2.21. The number of hydrogen-bond donors (Lipinski definition) is 1. The average molecular weight is 379 g/mol. The third-order valence-corrected chi connectivity index (χ3v) is 5.96. The number of rotatable bonds is 5. The van der Waals surface area contributed by atoms with Crippen LogP contribution in [0.5, 0.6) is 0 Å². The maximum absolute atomic E-state index is 11.7. The molecule has 0 radical (unpaired) electrons. The zero-order valence-corrected chi connectivity index (χ0v) is 15.2. The van der Waals surface area contributed by atoms with Gasteiger partial charge in [-0.15, -0.1) is 10.2 Å². The van der Waals surface area contributed by atoms with Gasteiger partial charge < -0.3 is 10.2 Å². The minimum atomic E-state index is -0.485. The maximum atomic E-state index is 11.7. The van der Waals surface area contributed by atoms with E-state index in [-0.39, 0.29) is 17.2 Å². The van der Waals surface area contributed by atoms with Crippen molar-refractivity contribution in [3.63, 3.8) is 0 Å². The molecule has 1 fully saturated rings. The number of benzene rings is 1. The molecule has 25 heavy (non-hydrogen) atoms. The molecule has 0 saturated carbocycles. The molecule has 10 heteroatoms. The Balaban J connectivity index is 1.81. The van der Waals surface area contributed by atoms with Crippen LogP contribution in [0.1, 0.15) is 29.6 Å². The van der Waals surface area contributed by atoms with Crippen LogP contribution in [0, 0.1) is 10.1 Å². The minimum Gasteiger partial charge on any atom is -0.355 e. The third-order valence-electron chi connectivity index (χ3n) is 3.86. The van der Waals surface area contributed by atoms with Crippen molar-refractivity contribution >= 4 is 39.8 Å². The molecule has 0 atom stereocenters. The van der Waals surface area contributed by atoms with Crippen LogP contribution in [0.25, 0.3) is 0 Å². The molecule has 1 aliphatic heterocycles. The van der Waals surface area contributed by atoms with E-state index in [4.69, 9.17) is 0 Å². The molecule has 2 aromatic rings. The van der Waals surface area contributed by atoms with Gasteiger partial charge in [-0.1, -0.05) is 11.3 Å². The summed E-state index contributed by atoms with van der Waals surface area (Å²) in [7, 11) is 1.49. The lowest BCUT2D eigenvalue weighted by molar-refractivity contribution is -0.387. The fraction of sp³-hybridized carbons (Fsp3) is 0.400. The van der Waals surface area contributed by atoms with Gasteiger partial charge in [0.1, 0.15) is 0 Å². The lowest BCUT2D eigenvalue weighted by Crippen LogP contribution is -2.29. The number of nitro groups is 1. The first-order chi connectivity index (χ1) is 12.1. The van der Waals surface area contributed by atoms with Gasteiger partial charge in [0.05, 0.1) is 9.82 Å². The van der Waals surface area contributed by atoms with Crippen molar-refractivity contribution in [2.45, 2.75) is 28.5 Å². The van der Waals surface area contributed by atoms with Crippen LogP contribution in [-0.2, 0) is 0 Å². The standard InChI is InChI=1S/C15H17N5O3S2/c1-16-13(21)10-5-6-12(11(9-10)20(22)23)24-15-18-17-14(25-15)19-7-3-2-4-8-19/h5-6,9H,2-4,7-8H2,1H3,(H,16,21). The lowest BCUT2D eigenvalue weighted by atomic mass is 10.1. The summed E-state index contributed by atoms with van der Waals surface area (Å²) in [5.74, 6) is -0.358. The first kappa shape index (κ1) is 17.6. The summed E-state index contributed by atoms with van der Waals surface area (Å²) < 4.78 is 0.649. The first-order valence-corrected chi connectivity index (χ1v) is 9.48. The van der Waals surface area contributed by atoms with E-state index in [1.54, 1.807) is 12.1 Å². The van der Waals surface area contributed by atoms with Crippen molar-refractivity contribution < 1.29 is 9.72 Å². The summed E-state index contributed by atoms with van der Waals surface area (Å²) in [6.45, 7) is 1.94. The number of aromatic nitrogens is 2. The van der Waals surface area contributed by atoms with Crippen LogP contribution in [-0.4, -0.2) is 41.2 Å². The Morgan fingerprint density at radius 2 is 2.08 bits per heavy atom. The van der Waals surface area contributed by atoms with Gasteiger partial charge in [0, 0.05) is 31.8 Å². The van der Waals surface area contributed by atoms with Crippen LogP contribution in [0.3, 0.4) is 0 Å². The molecular weight excluding hydrogens is 362 g/mol. The number of nitrogens with one attached hydrogen (secondary N) is 1. The summed E-state index contributed by atoms with van der Waals surface area (Å²) in [5.41, 5.74) is 0.144. The van der Waals surface area contributed by atoms with E-state index in [1.807, 2.05) is 0 Å². The van der Waals surface area contributed by atoms with Gasteiger partial charge in [0.25, 0.3) is 11.6 Å². The Hall–Kier alpha value is -2.20. The molecule has 2 heterocycles. The molecule has 1 aromatic heterocycles. The largest absolute Gasteiger partial charge is 0.355 e. The molecule has 1 saturated heterocycles. The molecule has 1 amide bonds. The fourth-order valence-electron chi connectivity index (χ4n) is 2.58. The smallest absolute Gasteiger partial charge is 0.284 e. The molecule has 0 bridgehead atoms. The monoisotopic (exact) mass is 379 g/mol. The molecule has 8 nitrogen and oxygen atoms in total. The van der Waals surface area contributed by atoms with E-state index in [0.29, 0.717) is 9.24 Å². The van der Waals surface area contributed by atoms with Crippen LogP contribution in [0.15, 0.2) is 27.4 Å². The van der Waals surface area contributed by atoms with Crippen LogP contribution < -0.4 is 10.2 Å². The van der Waals surface area contributed by atoms with Crippen LogP contribution >= 0.6 is 23.1 Å². The molecule has 0 spiro atoms. The van der Waals surface area contributed by atoms with Crippen molar-refractivity contribution in [2.24, 2.45) is 0 Å². The van der Waals surface area contributed by atoms with Gasteiger partial charge in [-0.3, -0.25) is 14.9 Å². The van der Waals surface area contributed by atoms with Gasteiger partial charge in [0.15, 0.2) is 4.34 Å². The Kier molecular flexibility index (Phi) is 5.49. The Labute approximate surface area is 152 Å². The van der Waals surface area contributed by atoms with Gasteiger partial charge in [-0.05, 0) is 43.2 Å². The molecule has 132 valence electrons. The zero-order valence-electron chi connectivity index (χ0n) is 13.6. The minimum absolute atomic E-state index is 0.110. The molecule has 1 N–H and O–H groups in total. The van der Waals surface area contributed by atoms with Crippen molar-refractivity contribution in [3.05, 3.63) is 33.9 Å². The number of anilines is 1. The number of amides is 1. The van der Waals surface area contributed by atoms with Crippen molar-refractivity contribution in [2.75, 3.05) is 25.0 Å². The summed E-state index contributed by atoms with van der Waals surface area (Å²) in [5, 5.41) is 23.0. The average Bonchev–Trinajstić information content (AvgIpc) is 3.10. The first-order valence-electron chi connectivity index (χ1n) is 7.85. The van der Waals surface area contributed by atoms with Gasteiger partial charge >= 0.3 is 0 Å². The van der Waals surface area contributed by atoms with E-state index in [1.165, 1.54) is 42.6 Å². The van der Waals surface area contributed by atoms with E-state index in [0.717, 1.165) is 31.1 Å². The van der Waals surface area contributed by atoms with Crippen molar-refractivity contribution in [3.8, 4) is 0 Å². The lowest BCUT2D eigenvalue weighted by Gasteiger charge is -2.25. The van der Waals surface area contributed by atoms with Gasteiger partial charge in [-0.25, -0.2) is 0 Å². The molecule has 3 rings (SSSR count). The van der Waals surface area contributed by atoms with Gasteiger partial charge in [-0.2, -0.15) is 0 Å². The highest BCUT2D eigenvalue weighted by Crippen LogP contribution is 2.38. The van der Waals surface area contributed by atoms with E-state index >= 15 is 0 Å². The fourth-order valence-corrected chi connectivity index (χ4v) is 4.52. The van der Waals surface area contributed by atoms with Crippen molar-refractivity contribution in [1.82, 2.24) is 15.5 Å². The Bertz CT molecular complexity index is 789. The Morgan fingerprint density at radius 1 is 1.32 bits per heavy atom. The predicted octanol–water partition coefficient (Wildman–Crippen LogP) is 2.95. The summed E-state index contributed by atoms with van der Waals surface area (Å²) in [6.07, 6.45) is 3.53. The number of piperidine rings is 1. The van der Waals surface area contributed by atoms with E-state index in [2.05, 4.69) is 20.4 Å². The van der Waals surface area contributed by atoms with Crippen molar-refractivity contribution in [1.29, 1.82) is 0 Å². The van der Waals surface area contributed by atoms with Crippen LogP contribution in [0.4, 0.5) is 10.8 Å². The highest BCUT2D eigenvalue weighted by atomic mass is 32.2. The highest BCUT2D eigenvalue weighted by molar-refractivity contribution is 8.01. The normalized spacial score (nSPS) is 14.4. The molecule has 1 aliphatic rings. The summed E-state index contributed by atoms with van der Waals surface area (Å²) in [6, 6.07) is 4.43. The zero-order chi connectivity index (χ0) is 17.8. The number of nitro benzene ring substituents is 1. The predicted molar refractivity (Wildman–Crippen MR) is 96.6 cm³/mol. The van der Waals surface area contributed by atoms with E-state index < -0.39 is 4.92 Å². The Morgan fingerprint density at radius 3 is 2.76 bits per heavy atom. The third kappa shape index (κ3) is 4.07. The SMILES string of the molecule is CNC(=O)c1ccc(Sc2nnc(N3CCCCC3)s2)c([N+](=O)[O-])c1. The second-order valence-electron chi connectivity index (χ2n) is 5.52. The number of carbonyl (C=O) groups is 1. The summed E-state index contributed by atoms with van der Waals surface area (Å²) in [4.78, 5) is 25.2. The topological polar surface area (TPSA) is 101 Å². The maximum Gasteiger partial charge on any atom is 0.284 e. The second-order valence-corrected chi connectivity index (χ2v) is 7.76. The molecule has 0 aliphatic carbocycles. The molecule has 1 aromatic carbocycles. The van der Waals surface area contributed by atoms with Gasteiger partial charge in [0.2, 0.25) is 5.13 Å². The summed E-state index contributed by atoms with van der Waals surface area (Å²) >= 11 is 2.63. The van der Waals surface area contributed by atoms with E-state index in [9.17, 15) is 14.9 Å². The number of carbonyl (C=O) groups excluding carboxylic acids is 1. The number of hydrogen-bond acceptors (Lipinski definition) is 8.